The molecule has 2 N–H and O–H groups in total. The van der Waals surface area contributed by atoms with Gasteiger partial charge in [0.25, 0.3) is 5.91 Å². The first-order valence-corrected chi connectivity index (χ1v) is 10.7. The summed E-state index contributed by atoms with van der Waals surface area (Å²) in [6, 6.07) is 20.2. The maximum atomic E-state index is 13.0. The molecule has 1 saturated heterocycles. The van der Waals surface area contributed by atoms with Crippen molar-refractivity contribution < 1.29 is 18.8 Å². The lowest BCUT2D eigenvalue weighted by molar-refractivity contribution is -0.126. The fraction of sp³-hybridized carbons (Fsp3) is 0.192. The average molecular weight is 445 g/mol. The number of halogens is 1. The minimum Gasteiger partial charge on any atom is -0.352 e. The van der Waals surface area contributed by atoms with Crippen molar-refractivity contribution in [2.75, 3.05) is 16.8 Å². The zero-order chi connectivity index (χ0) is 23.4. The molecule has 0 bridgehead atoms. The predicted molar refractivity (Wildman–Crippen MR) is 124 cm³/mol. The molecule has 1 heterocycles. The molecule has 7 heteroatoms. The third kappa shape index (κ3) is 5.44. The van der Waals surface area contributed by atoms with Crippen LogP contribution in [0.1, 0.15) is 27.9 Å². The summed E-state index contributed by atoms with van der Waals surface area (Å²) in [5.41, 5.74) is 3.50. The molecule has 1 atom stereocenters. The SMILES string of the molecule is Cc1cccc(NC(=O)c2cccc(N3C[C@@H](C(=O)NCc4ccc(F)cc4)CC3=O)c2)c1. The Morgan fingerprint density at radius 2 is 1.79 bits per heavy atom. The van der Waals surface area contributed by atoms with Crippen LogP contribution in [-0.2, 0) is 16.1 Å². The smallest absolute Gasteiger partial charge is 0.255 e. The van der Waals surface area contributed by atoms with E-state index in [0.29, 0.717) is 16.9 Å². The molecule has 0 unspecified atom stereocenters. The number of aryl methyl sites for hydroxylation is 1. The van der Waals surface area contributed by atoms with E-state index in [9.17, 15) is 18.8 Å². The summed E-state index contributed by atoms with van der Waals surface area (Å²) in [5, 5.41) is 5.67. The molecule has 3 amide bonds. The second-order valence-electron chi connectivity index (χ2n) is 8.12. The maximum Gasteiger partial charge on any atom is 0.255 e. The molecule has 1 fully saturated rings. The van der Waals surface area contributed by atoms with Crippen molar-refractivity contribution in [2.24, 2.45) is 5.92 Å². The van der Waals surface area contributed by atoms with Crippen molar-refractivity contribution >= 4 is 29.1 Å². The highest BCUT2D eigenvalue weighted by molar-refractivity contribution is 6.06. The van der Waals surface area contributed by atoms with Gasteiger partial charge in [-0.1, -0.05) is 30.3 Å². The highest BCUT2D eigenvalue weighted by Gasteiger charge is 2.35. The first-order valence-electron chi connectivity index (χ1n) is 10.7. The number of amides is 3. The first-order chi connectivity index (χ1) is 15.9. The molecule has 1 aliphatic rings. The Hall–Kier alpha value is -4.00. The second-order valence-corrected chi connectivity index (χ2v) is 8.12. The monoisotopic (exact) mass is 445 g/mol. The molecule has 0 aromatic heterocycles. The van der Waals surface area contributed by atoms with Crippen LogP contribution in [0, 0.1) is 18.7 Å². The number of benzene rings is 3. The van der Waals surface area contributed by atoms with Gasteiger partial charge in [0.05, 0.1) is 5.92 Å². The molecule has 3 aromatic carbocycles. The molecular formula is C26H24FN3O3. The zero-order valence-electron chi connectivity index (χ0n) is 18.2. The Balaban J connectivity index is 1.39. The van der Waals surface area contributed by atoms with Gasteiger partial charge in [0.1, 0.15) is 5.82 Å². The van der Waals surface area contributed by atoms with Crippen LogP contribution in [0.4, 0.5) is 15.8 Å². The molecule has 4 rings (SSSR count). The number of carbonyl (C=O) groups is 3. The quantitative estimate of drug-likeness (QED) is 0.601. The van der Waals surface area contributed by atoms with Gasteiger partial charge in [0.2, 0.25) is 11.8 Å². The van der Waals surface area contributed by atoms with Crippen LogP contribution in [0.5, 0.6) is 0 Å². The fourth-order valence-corrected chi connectivity index (χ4v) is 3.81. The van der Waals surface area contributed by atoms with E-state index in [1.807, 2.05) is 31.2 Å². The molecule has 0 aliphatic carbocycles. The van der Waals surface area contributed by atoms with Gasteiger partial charge in [-0.3, -0.25) is 14.4 Å². The van der Waals surface area contributed by atoms with Crippen molar-refractivity contribution in [3.8, 4) is 0 Å². The summed E-state index contributed by atoms with van der Waals surface area (Å²) in [7, 11) is 0. The third-order valence-corrected chi connectivity index (χ3v) is 5.57. The molecular weight excluding hydrogens is 421 g/mol. The Labute approximate surface area is 191 Å². The van der Waals surface area contributed by atoms with E-state index in [2.05, 4.69) is 10.6 Å². The van der Waals surface area contributed by atoms with Crippen LogP contribution in [0.2, 0.25) is 0 Å². The van der Waals surface area contributed by atoms with Crippen molar-refractivity contribution in [1.82, 2.24) is 5.32 Å². The Kier molecular flexibility index (Phi) is 6.49. The molecule has 0 radical (unpaired) electrons. The van der Waals surface area contributed by atoms with E-state index in [-0.39, 0.29) is 43.0 Å². The van der Waals surface area contributed by atoms with Gasteiger partial charge >= 0.3 is 0 Å². The van der Waals surface area contributed by atoms with E-state index in [0.717, 1.165) is 11.1 Å². The van der Waals surface area contributed by atoms with Crippen LogP contribution in [0.15, 0.2) is 72.8 Å². The molecule has 1 aliphatic heterocycles. The van der Waals surface area contributed by atoms with Crippen LogP contribution in [-0.4, -0.2) is 24.3 Å². The Morgan fingerprint density at radius 1 is 1.03 bits per heavy atom. The zero-order valence-corrected chi connectivity index (χ0v) is 18.2. The van der Waals surface area contributed by atoms with Crippen molar-refractivity contribution in [3.63, 3.8) is 0 Å². The summed E-state index contributed by atoms with van der Waals surface area (Å²) >= 11 is 0. The maximum absolute atomic E-state index is 13.0. The summed E-state index contributed by atoms with van der Waals surface area (Å²) in [6.45, 7) is 2.44. The Morgan fingerprint density at radius 3 is 2.55 bits per heavy atom. The summed E-state index contributed by atoms with van der Waals surface area (Å²) in [5.74, 6) is -1.51. The number of hydrogen-bond donors (Lipinski definition) is 2. The predicted octanol–water partition coefficient (Wildman–Crippen LogP) is 4.06. The average Bonchev–Trinajstić information content (AvgIpc) is 3.20. The normalized spacial score (nSPS) is 15.4. The number of rotatable bonds is 6. The number of nitrogens with zero attached hydrogens (tertiary/aromatic N) is 1. The van der Waals surface area contributed by atoms with Crippen LogP contribution in [0.3, 0.4) is 0 Å². The van der Waals surface area contributed by atoms with E-state index in [4.69, 9.17) is 0 Å². The lowest BCUT2D eigenvalue weighted by Gasteiger charge is -2.18. The van der Waals surface area contributed by atoms with Gasteiger partial charge in [0.15, 0.2) is 0 Å². The van der Waals surface area contributed by atoms with E-state index in [1.54, 1.807) is 36.4 Å². The van der Waals surface area contributed by atoms with Crippen LogP contribution < -0.4 is 15.5 Å². The fourth-order valence-electron chi connectivity index (χ4n) is 3.81. The lowest BCUT2D eigenvalue weighted by Crippen LogP contribution is -2.32. The molecule has 33 heavy (non-hydrogen) atoms. The van der Waals surface area contributed by atoms with Gasteiger partial charge in [-0.15, -0.1) is 0 Å². The van der Waals surface area contributed by atoms with Gasteiger partial charge in [-0.25, -0.2) is 4.39 Å². The van der Waals surface area contributed by atoms with Crippen molar-refractivity contribution in [3.05, 3.63) is 95.3 Å². The minimum absolute atomic E-state index is 0.0922. The van der Waals surface area contributed by atoms with Crippen molar-refractivity contribution in [2.45, 2.75) is 19.9 Å². The topological polar surface area (TPSA) is 78.5 Å². The number of nitrogens with one attached hydrogen (secondary N) is 2. The molecule has 168 valence electrons. The molecule has 0 spiro atoms. The summed E-state index contributed by atoms with van der Waals surface area (Å²) in [4.78, 5) is 39.4. The summed E-state index contributed by atoms with van der Waals surface area (Å²) in [6.07, 6.45) is 0.0922. The van der Waals surface area contributed by atoms with Crippen molar-refractivity contribution in [1.29, 1.82) is 0 Å². The largest absolute Gasteiger partial charge is 0.352 e. The lowest BCUT2D eigenvalue weighted by atomic mass is 10.1. The molecule has 6 nitrogen and oxygen atoms in total. The number of anilines is 2. The second kappa shape index (κ2) is 9.65. The highest BCUT2D eigenvalue weighted by Crippen LogP contribution is 2.26. The van der Waals surface area contributed by atoms with Gasteiger partial charge in [-0.2, -0.15) is 0 Å². The van der Waals surface area contributed by atoms with E-state index < -0.39 is 5.92 Å². The highest BCUT2D eigenvalue weighted by atomic mass is 19.1. The van der Waals surface area contributed by atoms with E-state index >= 15 is 0 Å². The van der Waals surface area contributed by atoms with Gasteiger partial charge in [-0.05, 0) is 60.5 Å². The third-order valence-electron chi connectivity index (χ3n) is 5.57. The summed E-state index contributed by atoms with van der Waals surface area (Å²) < 4.78 is 13.0. The number of carbonyl (C=O) groups excluding carboxylic acids is 3. The molecule has 0 saturated carbocycles. The van der Waals surface area contributed by atoms with Crippen LogP contribution in [0.25, 0.3) is 0 Å². The first kappa shape index (κ1) is 22.2. The number of hydrogen-bond acceptors (Lipinski definition) is 3. The standard InChI is InChI=1S/C26H24FN3O3/c1-17-4-2-6-22(12-17)29-26(33)19-5-3-7-23(13-19)30-16-20(14-24(30)31)25(32)28-15-18-8-10-21(27)11-9-18/h2-13,20H,14-16H2,1H3,(H,28,32)(H,29,33)/t20-/m0/s1. The van der Waals surface area contributed by atoms with Crippen LogP contribution >= 0.6 is 0 Å². The minimum atomic E-state index is -0.497. The van der Waals surface area contributed by atoms with Gasteiger partial charge in [0, 0.05) is 36.4 Å². The van der Waals surface area contributed by atoms with Gasteiger partial charge < -0.3 is 15.5 Å². The Bertz CT molecular complexity index is 1190. The molecule has 3 aromatic rings. The van der Waals surface area contributed by atoms with E-state index in [1.165, 1.54) is 17.0 Å².